The van der Waals surface area contributed by atoms with Gasteiger partial charge in [-0.05, 0) is 58.7 Å². The summed E-state index contributed by atoms with van der Waals surface area (Å²) in [5, 5.41) is 2.75. The van der Waals surface area contributed by atoms with Gasteiger partial charge in [0.25, 0.3) is 5.91 Å². The number of pyridine rings is 1. The number of anilines is 2. The molecule has 0 atom stereocenters. The van der Waals surface area contributed by atoms with Gasteiger partial charge in [-0.15, -0.1) is 0 Å². The van der Waals surface area contributed by atoms with E-state index in [0.29, 0.717) is 17.1 Å². The van der Waals surface area contributed by atoms with E-state index in [-0.39, 0.29) is 5.91 Å². The van der Waals surface area contributed by atoms with Crippen LogP contribution >= 0.6 is 15.9 Å². The van der Waals surface area contributed by atoms with Crippen molar-refractivity contribution in [3.63, 3.8) is 0 Å². The minimum Gasteiger partial charge on any atom is -0.399 e. The van der Waals surface area contributed by atoms with Crippen molar-refractivity contribution < 1.29 is 4.79 Å². The van der Waals surface area contributed by atoms with E-state index < -0.39 is 0 Å². The number of halogens is 1. The van der Waals surface area contributed by atoms with Crippen LogP contribution in [0.1, 0.15) is 15.9 Å². The van der Waals surface area contributed by atoms with E-state index in [0.717, 1.165) is 10.0 Å². The Morgan fingerprint density at radius 3 is 2.83 bits per heavy atom. The largest absolute Gasteiger partial charge is 0.399 e. The number of rotatable bonds is 2. The minimum absolute atomic E-state index is 0.202. The van der Waals surface area contributed by atoms with Crippen LogP contribution in [-0.2, 0) is 0 Å². The van der Waals surface area contributed by atoms with Gasteiger partial charge in [-0.3, -0.25) is 4.79 Å². The highest BCUT2D eigenvalue weighted by Crippen LogP contribution is 2.20. The second-order valence-corrected chi connectivity index (χ2v) is 4.72. The van der Waals surface area contributed by atoms with Crippen molar-refractivity contribution in [2.24, 2.45) is 0 Å². The van der Waals surface area contributed by atoms with E-state index in [1.807, 2.05) is 13.0 Å². The van der Waals surface area contributed by atoms with Gasteiger partial charge in [0.15, 0.2) is 0 Å². The highest BCUT2D eigenvalue weighted by atomic mass is 79.9. The molecule has 1 heterocycles. The molecule has 0 aliphatic rings. The van der Waals surface area contributed by atoms with Crippen LogP contribution < -0.4 is 11.1 Å². The number of hydrogen-bond acceptors (Lipinski definition) is 3. The summed E-state index contributed by atoms with van der Waals surface area (Å²) in [6.07, 6.45) is 1.62. The number of aromatic nitrogens is 1. The van der Waals surface area contributed by atoms with Gasteiger partial charge in [0.05, 0.1) is 4.47 Å². The number of carbonyl (C=O) groups excluding carboxylic acids is 1. The van der Waals surface area contributed by atoms with E-state index in [1.165, 1.54) is 0 Å². The molecule has 1 aromatic carbocycles. The molecule has 0 unspecified atom stereocenters. The highest BCUT2D eigenvalue weighted by Gasteiger charge is 2.11. The summed E-state index contributed by atoms with van der Waals surface area (Å²) in [6, 6.07) is 8.78. The van der Waals surface area contributed by atoms with Crippen molar-refractivity contribution in [3.8, 4) is 0 Å². The van der Waals surface area contributed by atoms with Crippen LogP contribution in [0.3, 0.4) is 0 Å². The van der Waals surface area contributed by atoms with Crippen molar-refractivity contribution in [2.45, 2.75) is 6.92 Å². The Labute approximate surface area is 113 Å². The summed E-state index contributed by atoms with van der Waals surface area (Å²) in [5.41, 5.74) is 7.71. The van der Waals surface area contributed by atoms with Crippen molar-refractivity contribution in [1.29, 1.82) is 0 Å². The van der Waals surface area contributed by atoms with Gasteiger partial charge in [-0.2, -0.15) is 0 Å². The van der Waals surface area contributed by atoms with Crippen LogP contribution in [0.5, 0.6) is 0 Å². The van der Waals surface area contributed by atoms with Gasteiger partial charge in [-0.1, -0.05) is 0 Å². The maximum absolute atomic E-state index is 12.1. The second-order valence-electron chi connectivity index (χ2n) is 3.86. The molecular weight excluding hydrogens is 294 g/mol. The lowest BCUT2D eigenvalue weighted by molar-refractivity contribution is 0.102. The molecular formula is C13H12BrN3O. The molecule has 0 fully saturated rings. The summed E-state index contributed by atoms with van der Waals surface area (Å²) in [5.74, 6) is 0.297. The molecule has 0 aliphatic carbocycles. The molecule has 2 rings (SSSR count). The Morgan fingerprint density at radius 2 is 2.17 bits per heavy atom. The summed E-state index contributed by atoms with van der Waals surface area (Å²) in [7, 11) is 0. The first-order chi connectivity index (χ1) is 8.58. The Hall–Kier alpha value is -1.88. The van der Waals surface area contributed by atoms with Crippen LogP contribution in [-0.4, -0.2) is 10.9 Å². The molecule has 0 aliphatic heterocycles. The third-order valence-electron chi connectivity index (χ3n) is 2.49. The average Bonchev–Trinajstić information content (AvgIpc) is 2.32. The summed E-state index contributed by atoms with van der Waals surface area (Å²) < 4.78 is 0.742. The molecule has 18 heavy (non-hydrogen) atoms. The minimum atomic E-state index is -0.202. The van der Waals surface area contributed by atoms with Crippen molar-refractivity contribution >= 4 is 33.3 Å². The molecule has 0 spiro atoms. The van der Waals surface area contributed by atoms with Crippen molar-refractivity contribution in [2.75, 3.05) is 11.1 Å². The maximum atomic E-state index is 12.1. The summed E-state index contributed by atoms with van der Waals surface area (Å²) >= 11 is 3.33. The first-order valence-corrected chi connectivity index (χ1v) is 6.15. The van der Waals surface area contributed by atoms with Gasteiger partial charge in [-0.25, -0.2) is 4.98 Å². The normalized spacial score (nSPS) is 10.1. The number of benzene rings is 1. The Balaban J connectivity index is 2.25. The zero-order chi connectivity index (χ0) is 13.1. The third-order valence-corrected chi connectivity index (χ3v) is 3.13. The Kier molecular flexibility index (Phi) is 3.62. The van der Waals surface area contributed by atoms with Crippen LogP contribution in [0, 0.1) is 6.92 Å². The summed E-state index contributed by atoms with van der Waals surface area (Å²) in [4.78, 5) is 16.2. The zero-order valence-electron chi connectivity index (χ0n) is 9.77. The number of carbonyl (C=O) groups is 1. The fraction of sp³-hybridized carbons (Fsp3) is 0.0769. The highest BCUT2D eigenvalue weighted by molar-refractivity contribution is 9.10. The quantitative estimate of drug-likeness (QED) is 0.838. The third kappa shape index (κ3) is 2.68. The fourth-order valence-corrected chi connectivity index (χ4v) is 1.95. The molecule has 2 aromatic rings. The molecule has 0 radical (unpaired) electrons. The number of nitrogens with one attached hydrogen (secondary N) is 1. The topological polar surface area (TPSA) is 68.0 Å². The maximum Gasteiger partial charge on any atom is 0.257 e. The smallest absolute Gasteiger partial charge is 0.257 e. The molecule has 1 aromatic heterocycles. The van der Waals surface area contributed by atoms with Crippen LogP contribution in [0.2, 0.25) is 0 Å². The van der Waals surface area contributed by atoms with Gasteiger partial charge < -0.3 is 11.1 Å². The molecule has 5 heteroatoms. The molecule has 4 nitrogen and oxygen atoms in total. The van der Waals surface area contributed by atoms with Gasteiger partial charge in [0.2, 0.25) is 0 Å². The molecule has 3 N–H and O–H groups in total. The molecule has 0 saturated heterocycles. The number of aryl methyl sites for hydroxylation is 1. The van der Waals surface area contributed by atoms with Crippen molar-refractivity contribution in [1.82, 2.24) is 4.98 Å². The second kappa shape index (κ2) is 5.18. The van der Waals surface area contributed by atoms with E-state index in [1.54, 1.807) is 30.5 Å². The molecule has 92 valence electrons. The lowest BCUT2D eigenvalue weighted by atomic mass is 10.1. The van der Waals surface area contributed by atoms with Gasteiger partial charge >= 0.3 is 0 Å². The lowest BCUT2D eigenvalue weighted by Gasteiger charge is -2.08. The van der Waals surface area contributed by atoms with E-state index >= 15 is 0 Å². The van der Waals surface area contributed by atoms with Gasteiger partial charge in [0.1, 0.15) is 5.82 Å². The van der Waals surface area contributed by atoms with E-state index in [2.05, 4.69) is 26.2 Å². The number of hydrogen-bond donors (Lipinski definition) is 2. The SMILES string of the molecule is Cc1cc(N)ccc1C(=O)Nc1ncccc1Br. The molecule has 0 bridgehead atoms. The van der Waals surface area contributed by atoms with Crippen LogP contribution in [0.15, 0.2) is 41.0 Å². The van der Waals surface area contributed by atoms with Crippen LogP contribution in [0.4, 0.5) is 11.5 Å². The standard InChI is InChI=1S/C13H12BrN3O/c1-8-7-9(15)4-5-10(8)13(18)17-12-11(14)3-2-6-16-12/h2-7H,15H2,1H3,(H,16,17,18). The van der Waals surface area contributed by atoms with Gasteiger partial charge in [0, 0.05) is 17.4 Å². The average molecular weight is 306 g/mol. The number of nitrogens with two attached hydrogens (primary N) is 1. The zero-order valence-corrected chi connectivity index (χ0v) is 11.4. The number of nitrogen functional groups attached to an aromatic ring is 1. The predicted octanol–water partition coefficient (Wildman–Crippen LogP) is 2.99. The summed E-state index contributed by atoms with van der Waals surface area (Å²) in [6.45, 7) is 1.85. The number of amides is 1. The fourth-order valence-electron chi connectivity index (χ4n) is 1.59. The first-order valence-electron chi connectivity index (χ1n) is 5.36. The monoisotopic (exact) mass is 305 g/mol. The Bertz CT molecular complexity index is 599. The first kappa shape index (κ1) is 12.6. The lowest BCUT2D eigenvalue weighted by Crippen LogP contribution is -2.14. The van der Waals surface area contributed by atoms with Crippen LogP contribution in [0.25, 0.3) is 0 Å². The Morgan fingerprint density at radius 1 is 1.39 bits per heavy atom. The van der Waals surface area contributed by atoms with Crippen molar-refractivity contribution in [3.05, 3.63) is 52.1 Å². The van der Waals surface area contributed by atoms with E-state index in [4.69, 9.17) is 5.73 Å². The molecule has 0 saturated carbocycles. The predicted molar refractivity (Wildman–Crippen MR) is 75.5 cm³/mol. The number of nitrogens with zero attached hydrogens (tertiary/aromatic N) is 1. The van der Waals surface area contributed by atoms with E-state index in [9.17, 15) is 4.79 Å². The molecule has 1 amide bonds.